The number of hydroxylamine groups is 1. The summed E-state index contributed by atoms with van der Waals surface area (Å²) in [5, 5.41) is 0. The van der Waals surface area contributed by atoms with E-state index < -0.39 is 5.97 Å². The van der Waals surface area contributed by atoms with Gasteiger partial charge in [0, 0.05) is 12.6 Å². The van der Waals surface area contributed by atoms with E-state index in [4.69, 9.17) is 4.84 Å². The molecule has 0 spiro atoms. The fraction of sp³-hybridized carbons (Fsp3) is 0.824. The lowest BCUT2D eigenvalue weighted by Crippen LogP contribution is -2.25. The molecule has 118 valence electrons. The molecule has 20 heavy (non-hydrogen) atoms. The van der Waals surface area contributed by atoms with E-state index in [1.54, 1.807) is 0 Å². The van der Waals surface area contributed by atoms with Crippen molar-refractivity contribution < 1.29 is 9.63 Å². The zero-order valence-corrected chi connectivity index (χ0v) is 13.5. The maximum Gasteiger partial charge on any atom is 0.348 e. The zero-order valence-electron chi connectivity index (χ0n) is 13.5. The van der Waals surface area contributed by atoms with Gasteiger partial charge in [-0.15, -0.1) is 0 Å². The number of nitrogens with one attached hydrogen (secondary N) is 1. The normalized spacial score (nSPS) is 12.1. The van der Waals surface area contributed by atoms with E-state index in [-0.39, 0.29) is 0 Å². The van der Waals surface area contributed by atoms with Crippen LogP contribution >= 0.6 is 0 Å². The van der Waals surface area contributed by atoms with Gasteiger partial charge in [0.15, 0.2) is 0 Å². The average molecular weight is 283 g/mol. The number of hydrogen-bond acceptors (Lipinski definition) is 3. The van der Waals surface area contributed by atoms with Crippen molar-refractivity contribution in [3.8, 4) is 0 Å². The Hall–Kier alpha value is -0.830. The first-order valence-corrected chi connectivity index (χ1v) is 8.30. The summed E-state index contributed by atoms with van der Waals surface area (Å²) < 4.78 is 0. The third-order valence-electron chi connectivity index (χ3n) is 3.75. The standard InChI is InChI=1S/C17H33NO2/c1-4-7-8-9-10-11-12-13-14-16(5-2)15-18-20-17(19)6-3/h6,16,18H,3-5,7-15H2,1-2H3. The predicted molar refractivity (Wildman–Crippen MR) is 85.3 cm³/mol. The second kappa shape index (κ2) is 14.6. The molecule has 0 aliphatic heterocycles. The highest BCUT2D eigenvalue weighted by Crippen LogP contribution is 2.15. The zero-order chi connectivity index (χ0) is 15.1. The summed E-state index contributed by atoms with van der Waals surface area (Å²) in [5.41, 5.74) is 2.74. The van der Waals surface area contributed by atoms with E-state index in [9.17, 15) is 4.79 Å². The van der Waals surface area contributed by atoms with Crippen LogP contribution in [0.4, 0.5) is 0 Å². The second-order valence-electron chi connectivity index (χ2n) is 5.51. The maximum atomic E-state index is 10.9. The first kappa shape index (κ1) is 19.2. The third kappa shape index (κ3) is 12.2. The summed E-state index contributed by atoms with van der Waals surface area (Å²) >= 11 is 0. The average Bonchev–Trinajstić information content (AvgIpc) is 2.47. The van der Waals surface area contributed by atoms with Gasteiger partial charge in [-0.3, -0.25) is 0 Å². The van der Waals surface area contributed by atoms with Crippen LogP contribution in [0.1, 0.15) is 78.1 Å². The molecule has 0 aromatic rings. The van der Waals surface area contributed by atoms with E-state index in [1.165, 1.54) is 63.9 Å². The molecule has 0 aliphatic carbocycles. The molecule has 1 atom stereocenters. The Morgan fingerprint density at radius 2 is 1.70 bits per heavy atom. The molecular weight excluding hydrogens is 250 g/mol. The van der Waals surface area contributed by atoms with Crippen molar-refractivity contribution in [2.24, 2.45) is 5.92 Å². The fourth-order valence-electron chi connectivity index (χ4n) is 2.29. The van der Waals surface area contributed by atoms with Gasteiger partial charge in [0.2, 0.25) is 0 Å². The molecule has 3 heteroatoms. The Bertz CT molecular complexity index is 241. The summed E-state index contributed by atoms with van der Waals surface area (Å²) in [6.07, 6.45) is 14.3. The highest BCUT2D eigenvalue weighted by Gasteiger charge is 2.06. The molecule has 0 heterocycles. The van der Waals surface area contributed by atoms with E-state index >= 15 is 0 Å². The van der Waals surface area contributed by atoms with Crippen molar-refractivity contribution >= 4 is 5.97 Å². The molecule has 0 amide bonds. The number of hydrogen-bond donors (Lipinski definition) is 1. The monoisotopic (exact) mass is 283 g/mol. The van der Waals surface area contributed by atoms with Crippen molar-refractivity contribution in [1.29, 1.82) is 0 Å². The van der Waals surface area contributed by atoms with Gasteiger partial charge in [-0.25, -0.2) is 4.79 Å². The van der Waals surface area contributed by atoms with Gasteiger partial charge in [-0.1, -0.05) is 78.2 Å². The Morgan fingerprint density at radius 3 is 2.25 bits per heavy atom. The Labute approximate surface area is 125 Å². The van der Waals surface area contributed by atoms with Crippen molar-refractivity contribution in [3.05, 3.63) is 12.7 Å². The number of carbonyl (C=O) groups excluding carboxylic acids is 1. The predicted octanol–water partition coefficient (Wildman–Crippen LogP) is 4.78. The minimum absolute atomic E-state index is 0.410. The van der Waals surface area contributed by atoms with E-state index in [1.807, 2.05) is 0 Å². The highest BCUT2D eigenvalue weighted by atomic mass is 16.7. The van der Waals surface area contributed by atoms with Crippen LogP contribution in [0.25, 0.3) is 0 Å². The van der Waals surface area contributed by atoms with Crippen LogP contribution in [0.2, 0.25) is 0 Å². The summed E-state index contributed by atoms with van der Waals surface area (Å²) in [7, 11) is 0. The second-order valence-corrected chi connectivity index (χ2v) is 5.51. The summed E-state index contributed by atoms with van der Waals surface area (Å²) in [6.45, 7) is 8.55. The van der Waals surface area contributed by atoms with Crippen LogP contribution in [0.15, 0.2) is 12.7 Å². The highest BCUT2D eigenvalue weighted by molar-refractivity contribution is 5.80. The van der Waals surface area contributed by atoms with Crippen LogP contribution in [0, 0.1) is 5.92 Å². The lowest BCUT2D eigenvalue weighted by Gasteiger charge is -2.14. The quantitative estimate of drug-likeness (QED) is 0.283. The molecule has 0 fully saturated rings. The van der Waals surface area contributed by atoms with Gasteiger partial charge >= 0.3 is 5.97 Å². The van der Waals surface area contributed by atoms with Crippen molar-refractivity contribution in [2.75, 3.05) is 6.54 Å². The fourth-order valence-corrected chi connectivity index (χ4v) is 2.29. The molecule has 1 N–H and O–H groups in total. The molecule has 0 saturated carbocycles. The first-order chi connectivity index (χ1) is 9.74. The van der Waals surface area contributed by atoms with Gasteiger partial charge in [0.25, 0.3) is 0 Å². The van der Waals surface area contributed by atoms with E-state index in [2.05, 4.69) is 25.9 Å². The molecule has 0 aromatic heterocycles. The summed E-state index contributed by atoms with van der Waals surface area (Å²) in [4.78, 5) is 15.7. The van der Waals surface area contributed by atoms with Crippen LogP contribution < -0.4 is 5.48 Å². The number of rotatable bonds is 14. The van der Waals surface area contributed by atoms with E-state index in [0.29, 0.717) is 5.92 Å². The Kier molecular flexibility index (Phi) is 14.0. The lowest BCUT2D eigenvalue weighted by molar-refractivity contribution is -0.145. The molecule has 0 radical (unpaired) electrons. The van der Waals surface area contributed by atoms with Gasteiger partial charge in [-0.2, -0.15) is 5.48 Å². The molecule has 0 aliphatic rings. The van der Waals surface area contributed by atoms with Crippen LogP contribution in [-0.4, -0.2) is 12.5 Å². The lowest BCUT2D eigenvalue weighted by atomic mass is 9.98. The smallest absolute Gasteiger partial charge is 0.348 e. The summed E-state index contributed by atoms with van der Waals surface area (Å²) in [6, 6.07) is 0. The largest absolute Gasteiger partial charge is 0.367 e. The minimum Gasteiger partial charge on any atom is -0.367 e. The van der Waals surface area contributed by atoms with Gasteiger partial charge in [-0.05, 0) is 12.3 Å². The Balaban J connectivity index is 3.40. The van der Waals surface area contributed by atoms with Crippen molar-refractivity contribution in [1.82, 2.24) is 5.48 Å². The molecule has 0 rings (SSSR count). The molecular formula is C17H33NO2. The minimum atomic E-state index is -0.410. The van der Waals surface area contributed by atoms with Crippen molar-refractivity contribution in [3.63, 3.8) is 0 Å². The summed E-state index contributed by atoms with van der Waals surface area (Å²) in [5.74, 6) is 0.180. The number of unbranched alkanes of at least 4 members (excludes halogenated alkanes) is 7. The van der Waals surface area contributed by atoms with Crippen LogP contribution in [-0.2, 0) is 9.63 Å². The first-order valence-electron chi connectivity index (χ1n) is 8.30. The van der Waals surface area contributed by atoms with Crippen molar-refractivity contribution in [2.45, 2.75) is 78.1 Å². The topological polar surface area (TPSA) is 38.3 Å². The van der Waals surface area contributed by atoms with Crippen LogP contribution in [0.3, 0.4) is 0 Å². The third-order valence-corrected chi connectivity index (χ3v) is 3.75. The Morgan fingerprint density at radius 1 is 1.10 bits per heavy atom. The molecule has 0 aromatic carbocycles. The van der Waals surface area contributed by atoms with Gasteiger partial charge in [0.05, 0.1) is 0 Å². The van der Waals surface area contributed by atoms with Gasteiger partial charge in [0.1, 0.15) is 0 Å². The molecule has 1 unspecified atom stereocenters. The molecule has 3 nitrogen and oxygen atoms in total. The maximum absolute atomic E-state index is 10.9. The van der Waals surface area contributed by atoms with Gasteiger partial charge < -0.3 is 4.84 Å². The SMILES string of the molecule is C=CC(=O)ONCC(CC)CCCCCCCCCC. The van der Waals surface area contributed by atoms with E-state index in [0.717, 1.165) is 13.0 Å². The molecule has 0 saturated heterocycles. The number of carbonyl (C=O) groups is 1. The van der Waals surface area contributed by atoms with Crippen LogP contribution in [0.5, 0.6) is 0 Å². The molecule has 0 bridgehead atoms.